The Kier molecular flexibility index (Phi) is 5.53. The molecule has 76 valence electrons. The van der Waals surface area contributed by atoms with E-state index in [1.54, 1.807) is 0 Å². The summed E-state index contributed by atoms with van der Waals surface area (Å²) in [6.07, 6.45) is 0. The van der Waals surface area contributed by atoms with Crippen LogP contribution in [0.5, 0.6) is 0 Å². The summed E-state index contributed by atoms with van der Waals surface area (Å²) in [7, 11) is 0. The summed E-state index contributed by atoms with van der Waals surface area (Å²) in [6, 6.07) is -0.773. The van der Waals surface area contributed by atoms with E-state index in [-0.39, 0.29) is 5.91 Å². The fourth-order valence-electron chi connectivity index (χ4n) is 0.709. The SMILES string of the molecule is CC(=O)N[C@@H](CSC(C)C)C(=O)O. The van der Waals surface area contributed by atoms with Crippen LogP contribution in [0.1, 0.15) is 20.8 Å². The third-order valence-corrected chi connectivity index (χ3v) is 2.46. The number of aliphatic carboxylic acids is 1. The van der Waals surface area contributed by atoms with Crippen molar-refractivity contribution < 1.29 is 14.7 Å². The van der Waals surface area contributed by atoms with Gasteiger partial charge in [0.1, 0.15) is 6.04 Å². The quantitative estimate of drug-likeness (QED) is 0.694. The van der Waals surface area contributed by atoms with Crippen molar-refractivity contribution in [1.82, 2.24) is 5.32 Å². The summed E-state index contributed by atoms with van der Waals surface area (Å²) in [5.74, 6) is -0.882. The van der Waals surface area contributed by atoms with Gasteiger partial charge in [-0.15, -0.1) is 0 Å². The zero-order valence-electron chi connectivity index (χ0n) is 8.03. The number of carboxylic acids is 1. The van der Waals surface area contributed by atoms with Crippen molar-refractivity contribution in [3.05, 3.63) is 0 Å². The van der Waals surface area contributed by atoms with Crippen LogP contribution in [0.3, 0.4) is 0 Å². The van der Waals surface area contributed by atoms with Crippen LogP contribution in [-0.4, -0.2) is 34.0 Å². The molecule has 1 amide bonds. The second kappa shape index (κ2) is 5.85. The molecule has 13 heavy (non-hydrogen) atoms. The van der Waals surface area contributed by atoms with E-state index in [2.05, 4.69) is 5.32 Å². The van der Waals surface area contributed by atoms with Gasteiger partial charge in [0.15, 0.2) is 0 Å². The minimum Gasteiger partial charge on any atom is -0.480 e. The molecule has 1 atom stereocenters. The largest absolute Gasteiger partial charge is 0.480 e. The van der Waals surface area contributed by atoms with Crippen molar-refractivity contribution >= 4 is 23.6 Å². The molecule has 2 N–H and O–H groups in total. The van der Waals surface area contributed by atoms with Gasteiger partial charge in [0.05, 0.1) is 0 Å². The normalized spacial score (nSPS) is 12.6. The molecule has 0 rings (SSSR count). The van der Waals surface area contributed by atoms with Gasteiger partial charge in [0.25, 0.3) is 0 Å². The van der Waals surface area contributed by atoms with Crippen molar-refractivity contribution in [1.29, 1.82) is 0 Å². The van der Waals surface area contributed by atoms with Gasteiger partial charge in [-0.25, -0.2) is 4.79 Å². The van der Waals surface area contributed by atoms with Gasteiger partial charge < -0.3 is 10.4 Å². The van der Waals surface area contributed by atoms with Gasteiger partial charge in [0.2, 0.25) is 5.91 Å². The first-order valence-electron chi connectivity index (χ1n) is 4.05. The lowest BCUT2D eigenvalue weighted by atomic mass is 10.3. The highest BCUT2D eigenvalue weighted by Crippen LogP contribution is 2.10. The maximum Gasteiger partial charge on any atom is 0.327 e. The van der Waals surface area contributed by atoms with Gasteiger partial charge in [-0.2, -0.15) is 11.8 Å². The van der Waals surface area contributed by atoms with Crippen molar-refractivity contribution in [3.63, 3.8) is 0 Å². The average molecular weight is 205 g/mol. The Morgan fingerprint density at radius 3 is 2.31 bits per heavy atom. The minimum absolute atomic E-state index is 0.309. The second-order valence-corrected chi connectivity index (χ2v) is 4.58. The standard InChI is InChI=1S/C8H15NO3S/c1-5(2)13-4-7(8(11)12)9-6(3)10/h5,7H,4H2,1-3H3,(H,9,10)(H,11,12)/t7-/m0/s1. The van der Waals surface area contributed by atoms with Crippen LogP contribution in [0.2, 0.25) is 0 Å². The van der Waals surface area contributed by atoms with Crippen molar-refractivity contribution in [3.8, 4) is 0 Å². The lowest BCUT2D eigenvalue weighted by molar-refractivity contribution is -0.140. The van der Waals surface area contributed by atoms with Gasteiger partial charge in [-0.1, -0.05) is 13.8 Å². The number of hydrogen-bond acceptors (Lipinski definition) is 3. The Morgan fingerprint density at radius 1 is 1.46 bits per heavy atom. The second-order valence-electron chi connectivity index (χ2n) is 2.97. The molecule has 0 saturated carbocycles. The molecule has 0 heterocycles. The van der Waals surface area contributed by atoms with Crippen LogP contribution in [0.25, 0.3) is 0 Å². The molecular formula is C8H15NO3S. The van der Waals surface area contributed by atoms with Crippen LogP contribution in [0.4, 0.5) is 0 Å². The summed E-state index contributed by atoms with van der Waals surface area (Å²) in [4.78, 5) is 21.2. The maximum absolute atomic E-state index is 10.6. The summed E-state index contributed by atoms with van der Waals surface area (Å²) in [5, 5.41) is 11.5. The van der Waals surface area contributed by atoms with Crippen molar-refractivity contribution in [2.24, 2.45) is 0 Å². The molecule has 0 aliphatic heterocycles. The van der Waals surface area contributed by atoms with Gasteiger partial charge in [0, 0.05) is 12.7 Å². The third-order valence-electron chi connectivity index (χ3n) is 1.27. The highest BCUT2D eigenvalue weighted by molar-refractivity contribution is 7.99. The van der Waals surface area contributed by atoms with Crippen LogP contribution in [0, 0.1) is 0 Å². The Hall–Kier alpha value is -0.710. The molecule has 0 aromatic rings. The number of carbonyl (C=O) groups is 2. The highest BCUT2D eigenvalue weighted by atomic mass is 32.2. The predicted molar refractivity (Wildman–Crippen MR) is 52.8 cm³/mol. The van der Waals surface area contributed by atoms with E-state index in [0.717, 1.165) is 0 Å². The first-order valence-corrected chi connectivity index (χ1v) is 5.10. The third kappa shape index (κ3) is 6.45. The maximum atomic E-state index is 10.6. The molecule has 5 heteroatoms. The molecule has 0 radical (unpaired) electrons. The molecule has 0 aliphatic carbocycles. The Bertz CT molecular complexity index is 194. The van der Waals surface area contributed by atoms with E-state index < -0.39 is 12.0 Å². The number of carbonyl (C=O) groups excluding carboxylic acids is 1. The molecule has 0 aromatic heterocycles. The summed E-state index contributed by atoms with van der Waals surface area (Å²) >= 11 is 1.51. The summed E-state index contributed by atoms with van der Waals surface area (Å²) in [6.45, 7) is 5.28. The van der Waals surface area contributed by atoms with Crippen molar-refractivity contribution in [2.75, 3.05) is 5.75 Å². The zero-order chi connectivity index (χ0) is 10.4. The number of amides is 1. The molecule has 0 aromatic carbocycles. The van der Waals surface area contributed by atoms with Crippen molar-refractivity contribution in [2.45, 2.75) is 32.1 Å². The van der Waals surface area contributed by atoms with E-state index in [0.29, 0.717) is 11.0 Å². The van der Waals surface area contributed by atoms with Crippen LogP contribution in [0.15, 0.2) is 0 Å². The highest BCUT2D eigenvalue weighted by Gasteiger charge is 2.18. The van der Waals surface area contributed by atoms with Crippen LogP contribution >= 0.6 is 11.8 Å². The lowest BCUT2D eigenvalue weighted by Gasteiger charge is -2.13. The number of rotatable bonds is 5. The zero-order valence-corrected chi connectivity index (χ0v) is 8.85. The van der Waals surface area contributed by atoms with Crippen LogP contribution < -0.4 is 5.32 Å². The minimum atomic E-state index is -0.983. The van der Waals surface area contributed by atoms with Crippen LogP contribution in [-0.2, 0) is 9.59 Å². The number of nitrogens with one attached hydrogen (secondary N) is 1. The fraction of sp³-hybridized carbons (Fsp3) is 0.750. The summed E-state index contributed by atoms with van der Waals surface area (Å²) in [5.41, 5.74) is 0. The van der Waals surface area contributed by atoms with Gasteiger partial charge >= 0.3 is 5.97 Å². The van der Waals surface area contributed by atoms with E-state index in [1.165, 1.54) is 18.7 Å². The Morgan fingerprint density at radius 2 is 2.00 bits per heavy atom. The average Bonchev–Trinajstić information content (AvgIpc) is 1.96. The summed E-state index contributed by atoms with van der Waals surface area (Å²) < 4.78 is 0. The number of hydrogen-bond donors (Lipinski definition) is 2. The van der Waals surface area contributed by atoms with E-state index in [9.17, 15) is 9.59 Å². The molecule has 0 aliphatic rings. The van der Waals surface area contributed by atoms with E-state index >= 15 is 0 Å². The first-order chi connectivity index (χ1) is 5.93. The molecule has 0 unspecified atom stereocenters. The topological polar surface area (TPSA) is 66.4 Å². The Labute approximate surface area is 82.1 Å². The van der Waals surface area contributed by atoms with Gasteiger partial charge in [-0.3, -0.25) is 4.79 Å². The lowest BCUT2D eigenvalue weighted by Crippen LogP contribution is -2.41. The van der Waals surface area contributed by atoms with E-state index in [4.69, 9.17) is 5.11 Å². The van der Waals surface area contributed by atoms with Gasteiger partial charge in [-0.05, 0) is 5.25 Å². The molecule has 0 spiro atoms. The smallest absolute Gasteiger partial charge is 0.327 e. The molecule has 0 saturated heterocycles. The number of thioether (sulfide) groups is 1. The number of carboxylic acid groups (broad SMARTS) is 1. The monoisotopic (exact) mass is 205 g/mol. The van der Waals surface area contributed by atoms with E-state index in [1.807, 2.05) is 13.8 Å². The first kappa shape index (κ1) is 12.3. The predicted octanol–water partition coefficient (Wildman–Crippen LogP) is 0.717. The molecule has 0 fully saturated rings. The molecule has 0 bridgehead atoms. The molecule has 4 nitrogen and oxygen atoms in total. The Balaban J connectivity index is 3.95. The fourth-order valence-corrected chi connectivity index (χ4v) is 1.51. The molecular weight excluding hydrogens is 190 g/mol.